The fourth-order valence-electron chi connectivity index (χ4n) is 3.89. The van der Waals surface area contributed by atoms with Crippen molar-refractivity contribution >= 4 is 17.5 Å². The first-order valence-corrected chi connectivity index (χ1v) is 10.0. The average Bonchev–Trinajstić information content (AvgIpc) is 3.18. The van der Waals surface area contributed by atoms with Gasteiger partial charge in [0.05, 0.1) is 12.6 Å². The standard InChI is InChI=1S/C23H24ClN3O/c24-20-10-5-4-9-19(20)23-21-11-6-14-26(21)15-16-27(23)17-22(28)25-13-12-18-7-2-1-3-8-18/h1-11,14,23H,12-13,15-17H2,(H,25,28). The summed E-state index contributed by atoms with van der Waals surface area (Å²) >= 11 is 6.51. The third-order valence-electron chi connectivity index (χ3n) is 5.26. The van der Waals surface area contributed by atoms with Crippen LogP contribution < -0.4 is 5.32 Å². The number of fused-ring (bicyclic) bond motifs is 1. The largest absolute Gasteiger partial charge is 0.355 e. The molecular weight excluding hydrogens is 370 g/mol. The molecule has 1 amide bonds. The highest BCUT2D eigenvalue weighted by Gasteiger charge is 2.31. The van der Waals surface area contributed by atoms with E-state index in [0.29, 0.717) is 13.1 Å². The van der Waals surface area contributed by atoms with Gasteiger partial charge in [-0.15, -0.1) is 0 Å². The highest BCUT2D eigenvalue weighted by molar-refractivity contribution is 6.31. The maximum absolute atomic E-state index is 12.6. The Balaban J connectivity index is 1.45. The number of aromatic nitrogens is 1. The summed E-state index contributed by atoms with van der Waals surface area (Å²) in [5.41, 5.74) is 3.45. The lowest BCUT2D eigenvalue weighted by Crippen LogP contribution is -2.44. The first-order chi connectivity index (χ1) is 13.7. The molecule has 1 N–H and O–H groups in total. The molecule has 1 aliphatic rings. The Bertz CT molecular complexity index is 938. The number of carbonyl (C=O) groups excluding carboxylic acids is 1. The minimum atomic E-state index is -0.0164. The van der Waals surface area contributed by atoms with Crippen LogP contribution in [-0.4, -0.2) is 35.0 Å². The van der Waals surface area contributed by atoms with Crippen molar-refractivity contribution in [1.29, 1.82) is 0 Å². The van der Waals surface area contributed by atoms with Crippen molar-refractivity contribution in [2.75, 3.05) is 19.6 Å². The molecule has 1 aromatic heterocycles. The summed E-state index contributed by atoms with van der Waals surface area (Å²) in [6.07, 6.45) is 2.93. The molecule has 0 bridgehead atoms. The van der Waals surface area contributed by atoms with E-state index in [-0.39, 0.29) is 11.9 Å². The van der Waals surface area contributed by atoms with Crippen LogP contribution in [0.2, 0.25) is 5.02 Å². The van der Waals surface area contributed by atoms with Crippen molar-refractivity contribution in [1.82, 2.24) is 14.8 Å². The maximum Gasteiger partial charge on any atom is 0.234 e. The van der Waals surface area contributed by atoms with Crippen LogP contribution in [0.4, 0.5) is 0 Å². The summed E-state index contributed by atoms with van der Waals surface area (Å²) < 4.78 is 2.25. The van der Waals surface area contributed by atoms with Gasteiger partial charge in [0.25, 0.3) is 0 Å². The van der Waals surface area contributed by atoms with Gasteiger partial charge in [-0.1, -0.05) is 60.1 Å². The highest BCUT2D eigenvalue weighted by Crippen LogP contribution is 2.35. The zero-order valence-corrected chi connectivity index (χ0v) is 16.5. The third-order valence-corrected chi connectivity index (χ3v) is 5.61. The molecule has 5 heteroatoms. The second-order valence-electron chi connectivity index (χ2n) is 7.11. The van der Waals surface area contributed by atoms with Gasteiger partial charge in [-0.25, -0.2) is 0 Å². The monoisotopic (exact) mass is 393 g/mol. The molecule has 0 fully saturated rings. The van der Waals surface area contributed by atoms with Gasteiger partial charge >= 0.3 is 0 Å². The fourth-order valence-corrected chi connectivity index (χ4v) is 4.13. The lowest BCUT2D eigenvalue weighted by molar-refractivity contribution is -0.122. The van der Waals surface area contributed by atoms with Crippen LogP contribution in [-0.2, 0) is 17.8 Å². The van der Waals surface area contributed by atoms with Gasteiger partial charge in [0, 0.05) is 36.5 Å². The van der Waals surface area contributed by atoms with Crippen LogP contribution >= 0.6 is 11.6 Å². The maximum atomic E-state index is 12.6. The Morgan fingerprint density at radius 1 is 1.00 bits per heavy atom. The predicted molar refractivity (Wildman–Crippen MR) is 112 cm³/mol. The Morgan fingerprint density at radius 2 is 1.79 bits per heavy atom. The Morgan fingerprint density at radius 3 is 2.61 bits per heavy atom. The zero-order valence-electron chi connectivity index (χ0n) is 15.7. The van der Waals surface area contributed by atoms with Crippen molar-refractivity contribution < 1.29 is 4.79 Å². The minimum Gasteiger partial charge on any atom is -0.355 e. The molecule has 1 atom stereocenters. The van der Waals surface area contributed by atoms with Gasteiger partial charge < -0.3 is 9.88 Å². The number of hydrogen-bond donors (Lipinski definition) is 1. The van der Waals surface area contributed by atoms with Gasteiger partial charge in [-0.3, -0.25) is 9.69 Å². The average molecular weight is 394 g/mol. The SMILES string of the molecule is O=C(CN1CCn2cccc2C1c1ccccc1Cl)NCCc1ccccc1. The van der Waals surface area contributed by atoms with Crippen molar-refractivity contribution in [3.05, 3.63) is 94.8 Å². The van der Waals surface area contributed by atoms with E-state index in [1.165, 1.54) is 11.3 Å². The van der Waals surface area contributed by atoms with Gasteiger partial charge in [0.1, 0.15) is 0 Å². The topological polar surface area (TPSA) is 37.3 Å². The van der Waals surface area contributed by atoms with E-state index in [1.807, 2.05) is 36.4 Å². The smallest absolute Gasteiger partial charge is 0.234 e. The van der Waals surface area contributed by atoms with E-state index < -0.39 is 0 Å². The number of benzene rings is 2. The molecule has 4 rings (SSSR count). The molecule has 0 saturated heterocycles. The van der Waals surface area contributed by atoms with E-state index in [9.17, 15) is 4.79 Å². The second-order valence-corrected chi connectivity index (χ2v) is 7.51. The molecule has 4 nitrogen and oxygen atoms in total. The molecule has 0 saturated carbocycles. The number of nitrogens with one attached hydrogen (secondary N) is 1. The first-order valence-electron chi connectivity index (χ1n) is 9.66. The van der Waals surface area contributed by atoms with E-state index in [0.717, 1.165) is 30.1 Å². The molecule has 28 heavy (non-hydrogen) atoms. The van der Waals surface area contributed by atoms with Crippen molar-refractivity contribution in [2.24, 2.45) is 0 Å². The summed E-state index contributed by atoms with van der Waals surface area (Å²) in [5, 5.41) is 3.80. The van der Waals surface area contributed by atoms with Gasteiger partial charge in [0.15, 0.2) is 0 Å². The summed E-state index contributed by atoms with van der Waals surface area (Å²) in [7, 11) is 0. The molecule has 3 aromatic rings. The van der Waals surface area contributed by atoms with E-state index >= 15 is 0 Å². The van der Waals surface area contributed by atoms with Crippen LogP contribution in [0.1, 0.15) is 22.9 Å². The number of amides is 1. The molecule has 1 aliphatic heterocycles. The molecule has 2 heterocycles. The summed E-state index contributed by atoms with van der Waals surface area (Å²) in [6.45, 7) is 2.68. The number of carbonyl (C=O) groups is 1. The van der Waals surface area contributed by atoms with Gasteiger partial charge in [-0.2, -0.15) is 0 Å². The number of halogens is 1. The van der Waals surface area contributed by atoms with Crippen LogP contribution in [0, 0.1) is 0 Å². The Hall–Kier alpha value is -2.56. The Labute approximate surface area is 170 Å². The quantitative estimate of drug-likeness (QED) is 0.689. The lowest BCUT2D eigenvalue weighted by Gasteiger charge is -2.37. The Kier molecular flexibility index (Phi) is 5.79. The third kappa shape index (κ3) is 4.13. The van der Waals surface area contributed by atoms with Crippen LogP contribution in [0.3, 0.4) is 0 Å². The predicted octanol–water partition coefficient (Wildman–Crippen LogP) is 3.91. The van der Waals surface area contributed by atoms with Crippen molar-refractivity contribution in [3.63, 3.8) is 0 Å². The van der Waals surface area contributed by atoms with Crippen molar-refractivity contribution in [3.8, 4) is 0 Å². The minimum absolute atomic E-state index is 0.0164. The second kappa shape index (κ2) is 8.63. The van der Waals surface area contributed by atoms with Crippen LogP contribution in [0.25, 0.3) is 0 Å². The van der Waals surface area contributed by atoms with Crippen LogP contribution in [0.5, 0.6) is 0 Å². The summed E-state index contributed by atoms with van der Waals surface area (Å²) in [5.74, 6) is 0.0491. The molecular formula is C23H24ClN3O. The van der Waals surface area contributed by atoms with E-state index in [4.69, 9.17) is 11.6 Å². The zero-order chi connectivity index (χ0) is 19.3. The summed E-state index contributed by atoms with van der Waals surface area (Å²) in [6, 6.07) is 22.3. The normalized spacial score (nSPS) is 16.5. The highest BCUT2D eigenvalue weighted by atomic mass is 35.5. The fraction of sp³-hybridized carbons (Fsp3) is 0.261. The van der Waals surface area contributed by atoms with Crippen molar-refractivity contribution in [2.45, 2.75) is 19.0 Å². The first kappa shape index (κ1) is 18.8. The van der Waals surface area contributed by atoms with E-state index in [2.05, 4.69) is 51.3 Å². The molecule has 0 aliphatic carbocycles. The number of nitrogens with zero attached hydrogens (tertiary/aromatic N) is 2. The lowest BCUT2D eigenvalue weighted by atomic mass is 10.00. The summed E-state index contributed by atoms with van der Waals surface area (Å²) in [4.78, 5) is 14.8. The molecule has 144 valence electrons. The molecule has 0 spiro atoms. The van der Waals surface area contributed by atoms with Gasteiger partial charge in [-0.05, 0) is 35.7 Å². The van der Waals surface area contributed by atoms with Crippen LogP contribution in [0.15, 0.2) is 72.9 Å². The van der Waals surface area contributed by atoms with Gasteiger partial charge in [0.2, 0.25) is 5.91 Å². The van der Waals surface area contributed by atoms with E-state index in [1.54, 1.807) is 0 Å². The molecule has 1 unspecified atom stereocenters. The number of rotatable bonds is 6. The number of hydrogen-bond acceptors (Lipinski definition) is 2. The molecule has 2 aromatic carbocycles. The molecule has 0 radical (unpaired) electrons.